The molecule has 0 aliphatic carbocycles. The highest BCUT2D eigenvalue weighted by atomic mass is 35.5. The summed E-state index contributed by atoms with van der Waals surface area (Å²) >= 11 is 7.50. The fraction of sp³-hybridized carbons (Fsp3) is 0.944. The standard InChI is InChI=1S/C18H33ClN2O6S/c1-5-11(22)9-6-10(21(3)7-9)17(26)20-12(8(2)19)16-14(24)13(23)15(25)18(27-16)28-4/h8-16,18,22-25H,5-7H2,1-4H3,(H,20,26)/t8-,9+,10-,11?,12+,13-,14+,15+,16+,18+/m0/s1. The Balaban J connectivity index is 2.11. The van der Waals surface area contributed by atoms with Crippen molar-refractivity contribution >= 4 is 29.3 Å². The van der Waals surface area contributed by atoms with Crippen LogP contribution in [0.15, 0.2) is 0 Å². The molecule has 8 nitrogen and oxygen atoms in total. The molecule has 28 heavy (non-hydrogen) atoms. The van der Waals surface area contributed by atoms with E-state index in [2.05, 4.69) is 5.32 Å². The summed E-state index contributed by atoms with van der Waals surface area (Å²) < 4.78 is 5.77. The molecule has 0 spiro atoms. The van der Waals surface area contributed by atoms with Crippen LogP contribution in [0.4, 0.5) is 0 Å². The van der Waals surface area contributed by atoms with E-state index in [-0.39, 0.29) is 11.8 Å². The Bertz CT molecular complexity index is 528. The van der Waals surface area contributed by atoms with Crippen molar-refractivity contribution in [3.05, 3.63) is 0 Å². The van der Waals surface area contributed by atoms with Gasteiger partial charge in [0.25, 0.3) is 0 Å². The molecule has 2 saturated heterocycles. The van der Waals surface area contributed by atoms with Gasteiger partial charge in [0.15, 0.2) is 0 Å². The predicted molar refractivity (Wildman–Crippen MR) is 108 cm³/mol. The number of nitrogens with zero attached hydrogens (tertiary/aromatic N) is 1. The van der Waals surface area contributed by atoms with Crippen LogP contribution in [0.5, 0.6) is 0 Å². The first kappa shape index (κ1) is 24.1. The molecule has 2 rings (SSSR count). The van der Waals surface area contributed by atoms with E-state index in [1.165, 1.54) is 11.8 Å². The number of carbonyl (C=O) groups is 1. The largest absolute Gasteiger partial charge is 0.393 e. The maximum absolute atomic E-state index is 12.9. The zero-order valence-corrected chi connectivity index (χ0v) is 18.3. The number of aliphatic hydroxyl groups is 4. The average Bonchev–Trinajstić information content (AvgIpc) is 3.05. The van der Waals surface area contributed by atoms with Gasteiger partial charge >= 0.3 is 0 Å². The highest BCUT2D eigenvalue weighted by Crippen LogP contribution is 2.31. The summed E-state index contributed by atoms with van der Waals surface area (Å²) in [5.74, 6) is -0.241. The van der Waals surface area contributed by atoms with Gasteiger partial charge in [-0.15, -0.1) is 23.4 Å². The van der Waals surface area contributed by atoms with Crippen LogP contribution in [-0.4, -0.2) is 104 Å². The Labute approximate surface area is 175 Å². The Morgan fingerprint density at radius 3 is 2.50 bits per heavy atom. The molecule has 0 aromatic heterocycles. The molecule has 2 heterocycles. The first-order valence-electron chi connectivity index (χ1n) is 9.67. The van der Waals surface area contributed by atoms with E-state index in [0.717, 1.165) is 0 Å². The molecule has 0 aromatic rings. The van der Waals surface area contributed by atoms with Gasteiger partial charge in [-0.05, 0) is 39.0 Å². The molecule has 0 bridgehead atoms. The Morgan fingerprint density at radius 2 is 1.96 bits per heavy atom. The van der Waals surface area contributed by atoms with Crippen molar-refractivity contribution < 1.29 is 30.0 Å². The summed E-state index contributed by atoms with van der Waals surface area (Å²) in [6, 6.07) is -1.18. The van der Waals surface area contributed by atoms with E-state index in [0.29, 0.717) is 19.4 Å². The van der Waals surface area contributed by atoms with Gasteiger partial charge in [0.2, 0.25) is 5.91 Å². The normalized spacial score (nSPS) is 40.1. The lowest BCUT2D eigenvalue weighted by Gasteiger charge is -2.44. The van der Waals surface area contributed by atoms with E-state index < -0.39 is 53.4 Å². The van der Waals surface area contributed by atoms with Gasteiger partial charge in [0.1, 0.15) is 29.9 Å². The number of carbonyl (C=O) groups excluding carboxylic acids is 1. The van der Waals surface area contributed by atoms with Gasteiger partial charge in [-0.1, -0.05) is 6.92 Å². The van der Waals surface area contributed by atoms with Crippen molar-refractivity contribution in [2.45, 2.75) is 80.1 Å². The Kier molecular flexibility index (Phi) is 8.84. The van der Waals surface area contributed by atoms with Crippen LogP contribution in [0.3, 0.4) is 0 Å². The number of likely N-dealkylation sites (tertiary alicyclic amines) is 1. The molecular formula is C18H33ClN2O6S. The van der Waals surface area contributed by atoms with E-state index in [9.17, 15) is 25.2 Å². The van der Waals surface area contributed by atoms with Crippen LogP contribution >= 0.6 is 23.4 Å². The maximum Gasteiger partial charge on any atom is 0.237 e. The number of rotatable bonds is 7. The third kappa shape index (κ3) is 5.13. The lowest BCUT2D eigenvalue weighted by Crippen LogP contribution is -2.65. The molecule has 2 aliphatic rings. The summed E-state index contributed by atoms with van der Waals surface area (Å²) in [7, 11) is 1.83. The van der Waals surface area contributed by atoms with Crippen molar-refractivity contribution in [2.75, 3.05) is 19.8 Å². The summed E-state index contributed by atoms with van der Waals surface area (Å²) in [6.45, 7) is 4.21. The van der Waals surface area contributed by atoms with Crippen molar-refractivity contribution in [1.29, 1.82) is 0 Å². The summed E-state index contributed by atoms with van der Waals surface area (Å²) in [5, 5.41) is 43.0. The highest BCUT2D eigenvalue weighted by Gasteiger charge is 2.48. The second kappa shape index (κ2) is 10.3. The molecule has 0 aromatic carbocycles. The van der Waals surface area contributed by atoms with Crippen molar-refractivity contribution in [1.82, 2.24) is 10.2 Å². The number of alkyl halides is 1. The monoisotopic (exact) mass is 440 g/mol. The maximum atomic E-state index is 12.9. The van der Waals surface area contributed by atoms with Crippen LogP contribution in [0, 0.1) is 5.92 Å². The van der Waals surface area contributed by atoms with Crippen LogP contribution in [0.2, 0.25) is 0 Å². The molecular weight excluding hydrogens is 408 g/mol. The lowest BCUT2D eigenvalue weighted by molar-refractivity contribution is -0.205. The van der Waals surface area contributed by atoms with Gasteiger partial charge in [0.05, 0.1) is 23.6 Å². The molecule has 10 heteroatoms. The number of aliphatic hydroxyl groups excluding tert-OH is 4. The molecule has 2 aliphatic heterocycles. The van der Waals surface area contributed by atoms with E-state index >= 15 is 0 Å². The number of hydrogen-bond acceptors (Lipinski definition) is 8. The van der Waals surface area contributed by atoms with Gasteiger partial charge in [0, 0.05) is 6.54 Å². The number of amides is 1. The average molecular weight is 441 g/mol. The fourth-order valence-electron chi connectivity index (χ4n) is 4.04. The molecule has 5 N–H and O–H groups in total. The molecule has 1 amide bonds. The van der Waals surface area contributed by atoms with Gasteiger partial charge in [-0.25, -0.2) is 0 Å². The number of hydrogen-bond donors (Lipinski definition) is 5. The third-order valence-electron chi connectivity index (χ3n) is 5.84. The van der Waals surface area contributed by atoms with Crippen LogP contribution in [0.1, 0.15) is 26.7 Å². The molecule has 0 saturated carbocycles. The van der Waals surface area contributed by atoms with Gasteiger partial charge < -0.3 is 30.5 Å². The zero-order chi connectivity index (χ0) is 21.2. The van der Waals surface area contributed by atoms with Crippen molar-refractivity contribution in [3.8, 4) is 0 Å². The van der Waals surface area contributed by atoms with Crippen molar-refractivity contribution in [2.24, 2.45) is 5.92 Å². The fourth-order valence-corrected chi connectivity index (χ4v) is 4.93. The molecule has 10 atom stereocenters. The Hall–Kier alpha value is -0.130. The Morgan fingerprint density at radius 1 is 1.32 bits per heavy atom. The smallest absolute Gasteiger partial charge is 0.237 e. The summed E-state index contributed by atoms with van der Waals surface area (Å²) in [6.07, 6.45) is -2.55. The minimum Gasteiger partial charge on any atom is -0.393 e. The first-order valence-corrected chi connectivity index (χ1v) is 11.4. The second-order valence-electron chi connectivity index (χ2n) is 7.82. The zero-order valence-electron chi connectivity index (χ0n) is 16.7. The number of halogens is 1. The topological polar surface area (TPSA) is 122 Å². The number of likely N-dealkylation sites (N-methyl/N-ethyl adjacent to an activating group) is 1. The number of nitrogens with one attached hydrogen (secondary N) is 1. The SMILES string of the molecule is CCC(O)[C@@H]1C[C@@H](C(=O)N[C@@H]([C@H]2O[C@H](SC)[C@H](O)[C@@H](O)[C@H]2O)[C@H](C)Cl)N(C)C1. The molecule has 0 radical (unpaired) electrons. The van der Waals surface area contributed by atoms with Crippen LogP contribution in [0.25, 0.3) is 0 Å². The van der Waals surface area contributed by atoms with E-state index in [4.69, 9.17) is 16.3 Å². The lowest BCUT2D eigenvalue weighted by atomic mass is 9.92. The van der Waals surface area contributed by atoms with Crippen LogP contribution < -0.4 is 5.32 Å². The summed E-state index contributed by atoms with van der Waals surface area (Å²) in [4.78, 5) is 14.8. The molecule has 2 fully saturated rings. The molecule has 1 unspecified atom stereocenters. The minimum atomic E-state index is -1.40. The van der Waals surface area contributed by atoms with Crippen LogP contribution in [-0.2, 0) is 9.53 Å². The highest BCUT2D eigenvalue weighted by molar-refractivity contribution is 7.99. The summed E-state index contributed by atoms with van der Waals surface area (Å²) in [5.41, 5.74) is -0.739. The van der Waals surface area contributed by atoms with Gasteiger partial charge in [-0.3, -0.25) is 9.69 Å². The second-order valence-corrected chi connectivity index (χ2v) is 9.44. The number of thioether (sulfide) groups is 1. The predicted octanol–water partition coefficient (Wildman–Crippen LogP) is -0.640. The van der Waals surface area contributed by atoms with Gasteiger partial charge in [-0.2, -0.15) is 0 Å². The quantitative estimate of drug-likeness (QED) is 0.331. The third-order valence-corrected chi connectivity index (χ3v) is 6.97. The minimum absolute atomic E-state index is 0.0204. The molecule has 164 valence electrons. The number of ether oxygens (including phenoxy) is 1. The van der Waals surface area contributed by atoms with E-state index in [1.807, 2.05) is 18.9 Å². The van der Waals surface area contributed by atoms with Crippen molar-refractivity contribution in [3.63, 3.8) is 0 Å². The first-order chi connectivity index (χ1) is 13.1. The van der Waals surface area contributed by atoms with E-state index in [1.54, 1.807) is 13.2 Å².